The van der Waals surface area contributed by atoms with Crippen molar-refractivity contribution >= 4 is 21.8 Å². The normalized spacial score (nSPS) is 14.1. The molecule has 0 saturated heterocycles. The number of nitrogens with one attached hydrogen (secondary N) is 1. The lowest BCUT2D eigenvalue weighted by molar-refractivity contribution is -0.154. The molecule has 0 heterocycles. The van der Waals surface area contributed by atoms with Crippen molar-refractivity contribution in [3.63, 3.8) is 0 Å². The number of carbonyl (C=O) groups excluding carboxylic acids is 1. The van der Waals surface area contributed by atoms with Gasteiger partial charge in [-0.2, -0.15) is 13.2 Å². The van der Waals surface area contributed by atoms with Crippen molar-refractivity contribution in [2.24, 2.45) is 5.92 Å². The zero-order chi connectivity index (χ0) is 12.1. The molecule has 1 N–H and O–H groups in total. The maximum Gasteiger partial charge on any atom is 0.397 e. The summed E-state index contributed by atoms with van der Waals surface area (Å²) in [5.74, 6) is -0.832. The van der Waals surface area contributed by atoms with Crippen molar-refractivity contribution < 1.29 is 18.0 Å². The van der Waals surface area contributed by atoms with Crippen LogP contribution in [0.4, 0.5) is 13.2 Å². The van der Waals surface area contributed by atoms with Crippen LogP contribution in [0, 0.1) is 5.92 Å². The van der Waals surface area contributed by atoms with Gasteiger partial charge >= 0.3 is 6.18 Å². The summed E-state index contributed by atoms with van der Waals surface area (Å²) in [5.41, 5.74) is 0. The largest absolute Gasteiger partial charge is 0.397 e. The van der Waals surface area contributed by atoms with Crippen LogP contribution in [0.15, 0.2) is 0 Å². The topological polar surface area (TPSA) is 29.1 Å². The summed E-state index contributed by atoms with van der Waals surface area (Å²) < 4.78 is 35.6. The molecule has 0 rings (SSSR count). The second kappa shape index (κ2) is 6.35. The highest BCUT2D eigenvalue weighted by Gasteiger charge is 2.32. The minimum absolute atomic E-state index is 0.125. The van der Waals surface area contributed by atoms with Crippen molar-refractivity contribution in [2.75, 3.05) is 5.33 Å². The van der Waals surface area contributed by atoms with Gasteiger partial charge in [-0.15, -0.1) is 0 Å². The van der Waals surface area contributed by atoms with E-state index in [9.17, 15) is 18.0 Å². The van der Waals surface area contributed by atoms with E-state index in [0.29, 0.717) is 11.8 Å². The van der Waals surface area contributed by atoms with Crippen LogP contribution in [0.2, 0.25) is 0 Å². The van der Waals surface area contributed by atoms with Gasteiger partial charge in [0, 0.05) is 11.4 Å². The van der Waals surface area contributed by atoms with Crippen LogP contribution in [0.5, 0.6) is 0 Å². The molecule has 0 aromatic carbocycles. The molecule has 1 atom stereocenters. The maximum atomic E-state index is 11.9. The third-order valence-corrected chi connectivity index (χ3v) is 2.39. The first-order valence-corrected chi connectivity index (χ1v) is 5.80. The van der Waals surface area contributed by atoms with Gasteiger partial charge < -0.3 is 5.32 Å². The number of halogens is 4. The summed E-state index contributed by atoms with van der Waals surface area (Å²) in [4.78, 5) is 11.0. The predicted octanol–water partition coefficient (Wildman–Crippen LogP) is 2.86. The second-order valence-corrected chi connectivity index (χ2v) is 4.48. The van der Waals surface area contributed by atoms with Crippen LogP contribution < -0.4 is 5.32 Å². The average molecular weight is 290 g/mol. The average Bonchev–Trinajstić information content (AvgIpc) is 1.99. The summed E-state index contributed by atoms with van der Waals surface area (Å²) in [6.45, 7) is 3.72. The highest BCUT2D eigenvalue weighted by atomic mass is 79.9. The Morgan fingerprint density at radius 3 is 2.27 bits per heavy atom. The molecule has 0 saturated carbocycles. The van der Waals surface area contributed by atoms with Crippen molar-refractivity contribution in [2.45, 2.75) is 38.9 Å². The first-order chi connectivity index (χ1) is 6.76. The standard InChI is InChI=1S/C9H15BrF3NO/c1-6(2)7(3-4-10)14-8(15)5-9(11,12)13/h6-7H,3-5H2,1-2H3,(H,14,15). The summed E-state index contributed by atoms with van der Waals surface area (Å²) in [5, 5.41) is 3.04. The molecule has 0 radical (unpaired) electrons. The Morgan fingerprint density at radius 1 is 1.40 bits per heavy atom. The number of alkyl halides is 4. The summed E-state index contributed by atoms with van der Waals surface area (Å²) in [6.07, 6.45) is -5.21. The molecule has 1 amide bonds. The molecule has 0 fully saturated rings. The van der Waals surface area contributed by atoms with Crippen LogP contribution in [0.3, 0.4) is 0 Å². The van der Waals surface area contributed by atoms with Crippen LogP contribution in [0.25, 0.3) is 0 Å². The lowest BCUT2D eigenvalue weighted by Gasteiger charge is -2.21. The number of carbonyl (C=O) groups is 1. The molecule has 15 heavy (non-hydrogen) atoms. The van der Waals surface area contributed by atoms with Crippen molar-refractivity contribution in [3.8, 4) is 0 Å². The predicted molar refractivity (Wildman–Crippen MR) is 55.9 cm³/mol. The Balaban J connectivity index is 4.11. The third-order valence-electron chi connectivity index (χ3n) is 1.93. The first kappa shape index (κ1) is 14.7. The van der Waals surface area contributed by atoms with E-state index in [0.717, 1.165) is 0 Å². The SMILES string of the molecule is CC(C)C(CCBr)NC(=O)CC(F)(F)F. The lowest BCUT2D eigenvalue weighted by Crippen LogP contribution is -2.40. The van der Waals surface area contributed by atoms with Crippen LogP contribution in [-0.2, 0) is 4.79 Å². The molecule has 0 aliphatic rings. The van der Waals surface area contributed by atoms with Gasteiger partial charge in [0.1, 0.15) is 6.42 Å². The van der Waals surface area contributed by atoms with E-state index in [-0.39, 0.29) is 12.0 Å². The zero-order valence-corrected chi connectivity index (χ0v) is 10.3. The minimum Gasteiger partial charge on any atom is -0.353 e. The van der Waals surface area contributed by atoms with Crippen molar-refractivity contribution in [1.82, 2.24) is 5.32 Å². The van der Waals surface area contributed by atoms with Gasteiger partial charge in [0.2, 0.25) is 5.91 Å². The lowest BCUT2D eigenvalue weighted by atomic mass is 10.0. The highest BCUT2D eigenvalue weighted by molar-refractivity contribution is 9.09. The quantitative estimate of drug-likeness (QED) is 0.775. The fraction of sp³-hybridized carbons (Fsp3) is 0.889. The molecule has 90 valence electrons. The Morgan fingerprint density at radius 2 is 1.93 bits per heavy atom. The summed E-state index contributed by atoms with van der Waals surface area (Å²) >= 11 is 3.20. The van der Waals surface area contributed by atoms with Gasteiger partial charge in [0.05, 0.1) is 0 Å². The molecule has 0 aromatic rings. The monoisotopic (exact) mass is 289 g/mol. The fourth-order valence-electron chi connectivity index (χ4n) is 1.13. The van der Waals surface area contributed by atoms with Crippen LogP contribution >= 0.6 is 15.9 Å². The molecule has 1 unspecified atom stereocenters. The van der Waals surface area contributed by atoms with E-state index in [4.69, 9.17) is 0 Å². The molecule has 0 spiro atoms. The number of amides is 1. The van der Waals surface area contributed by atoms with Crippen LogP contribution in [-0.4, -0.2) is 23.5 Å². The molecular formula is C9H15BrF3NO. The fourth-order valence-corrected chi connectivity index (χ4v) is 1.62. The van der Waals surface area contributed by atoms with E-state index < -0.39 is 18.5 Å². The van der Waals surface area contributed by atoms with Crippen molar-refractivity contribution in [1.29, 1.82) is 0 Å². The number of hydrogen-bond donors (Lipinski definition) is 1. The van der Waals surface area contributed by atoms with Gasteiger partial charge in [-0.1, -0.05) is 29.8 Å². The molecule has 0 aromatic heterocycles. The number of hydrogen-bond acceptors (Lipinski definition) is 1. The Kier molecular flexibility index (Phi) is 6.24. The van der Waals surface area contributed by atoms with Gasteiger partial charge in [-0.25, -0.2) is 0 Å². The molecule has 0 aliphatic heterocycles. The van der Waals surface area contributed by atoms with E-state index in [1.165, 1.54) is 0 Å². The van der Waals surface area contributed by atoms with Crippen molar-refractivity contribution in [3.05, 3.63) is 0 Å². The van der Waals surface area contributed by atoms with E-state index in [1.807, 2.05) is 13.8 Å². The molecule has 6 heteroatoms. The summed E-state index contributed by atoms with van der Waals surface area (Å²) in [6, 6.07) is -0.209. The van der Waals surface area contributed by atoms with Crippen LogP contribution in [0.1, 0.15) is 26.7 Å². The molecular weight excluding hydrogens is 275 g/mol. The third kappa shape index (κ3) is 7.64. The Labute approximate surface area is 95.7 Å². The smallest absolute Gasteiger partial charge is 0.353 e. The summed E-state index contributed by atoms with van der Waals surface area (Å²) in [7, 11) is 0. The van der Waals surface area contributed by atoms with Gasteiger partial charge in [-0.05, 0) is 12.3 Å². The highest BCUT2D eigenvalue weighted by Crippen LogP contribution is 2.19. The molecule has 0 bridgehead atoms. The van der Waals surface area contributed by atoms with E-state index in [1.54, 1.807) is 0 Å². The number of rotatable bonds is 5. The second-order valence-electron chi connectivity index (χ2n) is 3.69. The molecule has 2 nitrogen and oxygen atoms in total. The van der Waals surface area contributed by atoms with Gasteiger partial charge in [-0.3, -0.25) is 4.79 Å². The Hall–Kier alpha value is -0.260. The first-order valence-electron chi connectivity index (χ1n) is 4.68. The van der Waals surface area contributed by atoms with E-state index >= 15 is 0 Å². The van der Waals surface area contributed by atoms with Gasteiger partial charge in [0.15, 0.2) is 0 Å². The zero-order valence-electron chi connectivity index (χ0n) is 8.70. The Bertz CT molecular complexity index is 206. The minimum atomic E-state index is -4.43. The van der Waals surface area contributed by atoms with E-state index in [2.05, 4.69) is 21.2 Å². The van der Waals surface area contributed by atoms with Gasteiger partial charge in [0.25, 0.3) is 0 Å². The maximum absolute atomic E-state index is 11.9. The molecule has 0 aliphatic carbocycles.